The SMILES string of the molecule is Clc1ccccc1CN1COc2ccc(-n3cnnc3)cc2C1. The molecule has 2 aromatic carbocycles. The Morgan fingerprint density at radius 1 is 1.09 bits per heavy atom. The van der Waals surface area contributed by atoms with Crippen molar-refractivity contribution in [2.24, 2.45) is 0 Å². The summed E-state index contributed by atoms with van der Waals surface area (Å²) in [6.07, 6.45) is 3.37. The average molecular weight is 327 g/mol. The van der Waals surface area contributed by atoms with Crippen molar-refractivity contribution in [3.8, 4) is 11.4 Å². The Balaban J connectivity index is 1.56. The molecule has 0 fully saturated rings. The van der Waals surface area contributed by atoms with Crippen LogP contribution < -0.4 is 4.74 Å². The molecule has 0 unspecified atom stereocenters. The zero-order valence-electron chi connectivity index (χ0n) is 12.4. The second-order valence-electron chi connectivity index (χ2n) is 5.51. The van der Waals surface area contributed by atoms with Gasteiger partial charge in [0, 0.05) is 29.4 Å². The van der Waals surface area contributed by atoms with Crippen LogP contribution in [0.15, 0.2) is 55.1 Å². The highest BCUT2D eigenvalue weighted by Gasteiger charge is 2.18. The molecule has 0 bridgehead atoms. The number of aromatic nitrogens is 3. The summed E-state index contributed by atoms with van der Waals surface area (Å²) >= 11 is 6.25. The fourth-order valence-corrected chi connectivity index (χ4v) is 2.94. The maximum absolute atomic E-state index is 6.25. The third kappa shape index (κ3) is 2.93. The van der Waals surface area contributed by atoms with Gasteiger partial charge in [-0.25, -0.2) is 0 Å². The number of fused-ring (bicyclic) bond motifs is 1. The van der Waals surface area contributed by atoms with Crippen LogP contribution in [0.1, 0.15) is 11.1 Å². The predicted molar refractivity (Wildman–Crippen MR) is 87.6 cm³/mol. The van der Waals surface area contributed by atoms with Crippen LogP contribution in [-0.2, 0) is 13.1 Å². The molecule has 23 heavy (non-hydrogen) atoms. The number of ether oxygens (including phenoxy) is 1. The van der Waals surface area contributed by atoms with E-state index < -0.39 is 0 Å². The van der Waals surface area contributed by atoms with Crippen LogP contribution in [0.5, 0.6) is 5.75 Å². The molecule has 1 aliphatic rings. The summed E-state index contributed by atoms with van der Waals surface area (Å²) in [6, 6.07) is 14.0. The number of hydrogen-bond acceptors (Lipinski definition) is 4. The van der Waals surface area contributed by atoms with Crippen LogP contribution in [0, 0.1) is 0 Å². The van der Waals surface area contributed by atoms with Crippen molar-refractivity contribution in [3.05, 3.63) is 71.3 Å². The van der Waals surface area contributed by atoms with Gasteiger partial charge in [-0.3, -0.25) is 9.47 Å². The summed E-state index contributed by atoms with van der Waals surface area (Å²) in [7, 11) is 0. The molecule has 4 rings (SSSR count). The Hall–Kier alpha value is -2.37. The Morgan fingerprint density at radius 3 is 2.74 bits per heavy atom. The first-order valence-electron chi connectivity index (χ1n) is 7.36. The first kappa shape index (κ1) is 14.2. The number of rotatable bonds is 3. The van der Waals surface area contributed by atoms with Gasteiger partial charge in [0.15, 0.2) is 0 Å². The number of nitrogens with zero attached hydrogens (tertiary/aromatic N) is 4. The Labute approximate surface area is 139 Å². The van der Waals surface area contributed by atoms with Gasteiger partial charge < -0.3 is 4.74 Å². The summed E-state index contributed by atoms with van der Waals surface area (Å²) in [5.41, 5.74) is 3.28. The summed E-state index contributed by atoms with van der Waals surface area (Å²) < 4.78 is 7.75. The van der Waals surface area contributed by atoms with Gasteiger partial charge in [0.1, 0.15) is 25.1 Å². The van der Waals surface area contributed by atoms with Crippen LogP contribution in [0.4, 0.5) is 0 Å². The van der Waals surface area contributed by atoms with Gasteiger partial charge in [0.2, 0.25) is 0 Å². The lowest BCUT2D eigenvalue weighted by Crippen LogP contribution is -2.31. The molecule has 116 valence electrons. The number of hydrogen-bond donors (Lipinski definition) is 0. The van der Waals surface area contributed by atoms with E-state index in [9.17, 15) is 0 Å². The Kier molecular flexibility index (Phi) is 3.73. The van der Waals surface area contributed by atoms with Crippen molar-refractivity contribution < 1.29 is 4.74 Å². The molecule has 3 aromatic rings. The minimum absolute atomic E-state index is 0.560. The van der Waals surface area contributed by atoms with E-state index in [4.69, 9.17) is 16.3 Å². The minimum atomic E-state index is 0.560. The first-order chi connectivity index (χ1) is 11.3. The normalized spacial score (nSPS) is 14.3. The highest BCUT2D eigenvalue weighted by Crippen LogP contribution is 2.28. The van der Waals surface area contributed by atoms with Gasteiger partial charge in [-0.1, -0.05) is 29.8 Å². The molecule has 0 saturated carbocycles. The molecule has 5 nitrogen and oxygen atoms in total. The number of halogens is 1. The van der Waals surface area contributed by atoms with Gasteiger partial charge in [-0.2, -0.15) is 0 Å². The largest absolute Gasteiger partial charge is 0.478 e. The highest BCUT2D eigenvalue weighted by atomic mass is 35.5. The van der Waals surface area contributed by atoms with Crippen LogP contribution in [-0.4, -0.2) is 26.4 Å². The summed E-state index contributed by atoms with van der Waals surface area (Å²) in [5.74, 6) is 0.928. The van der Waals surface area contributed by atoms with Gasteiger partial charge >= 0.3 is 0 Å². The van der Waals surface area contributed by atoms with Crippen molar-refractivity contribution in [3.63, 3.8) is 0 Å². The van der Waals surface area contributed by atoms with E-state index in [-0.39, 0.29) is 0 Å². The fraction of sp³-hybridized carbons (Fsp3) is 0.176. The van der Waals surface area contributed by atoms with E-state index in [0.29, 0.717) is 6.73 Å². The standard InChI is InChI=1S/C17H15ClN4O/c18-16-4-2-1-3-13(16)8-21-9-14-7-15(22-10-19-20-11-22)5-6-17(14)23-12-21/h1-7,10-11H,8-9,12H2. The summed E-state index contributed by atoms with van der Waals surface area (Å²) in [6.45, 7) is 2.14. The molecular weight excluding hydrogens is 312 g/mol. The molecule has 0 saturated heterocycles. The second kappa shape index (κ2) is 6.02. The van der Waals surface area contributed by atoms with Crippen LogP contribution in [0.25, 0.3) is 5.69 Å². The van der Waals surface area contributed by atoms with Crippen LogP contribution in [0.3, 0.4) is 0 Å². The topological polar surface area (TPSA) is 43.2 Å². The van der Waals surface area contributed by atoms with E-state index in [1.165, 1.54) is 0 Å². The minimum Gasteiger partial charge on any atom is -0.478 e. The molecule has 2 heterocycles. The van der Waals surface area contributed by atoms with Gasteiger partial charge in [-0.15, -0.1) is 10.2 Å². The van der Waals surface area contributed by atoms with Crippen molar-refractivity contribution in [1.29, 1.82) is 0 Å². The van der Waals surface area contributed by atoms with Crippen LogP contribution in [0.2, 0.25) is 5.02 Å². The van der Waals surface area contributed by atoms with Crippen LogP contribution >= 0.6 is 11.6 Å². The number of benzene rings is 2. The zero-order chi connectivity index (χ0) is 15.6. The van der Waals surface area contributed by atoms with E-state index in [0.717, 1.165) is 40.7 Å². The maximum Gasteiger partial charge on any atom is 0.142 e. The molecule has 1 aromatic heterocycles. The molecule has 1 aliphatic heterocycles. The highest BCUT2D eigenvalue weighted by molar-refractivity contribution is 6.31. The van der Waals surface area contributed by atoms with Gasteiger partial charge in [0.05, 0.1) is 0 Å². The van der Waals surface area contributed by atoms with Crippen molar-refractivity contribution in [2.75, 3.05) is 6.73 Å². The van der Waals surface area contributed by atoms with E-state index in [2.05, 4.69) is 21.2 Å². The molecule has 0 N–H and O–H groups in total. The Morgan fingerprint density at radius 2 is 1.91 bits per heavy atom. The molecule has 0 radical (unpaired) electrons. The van der Waals surface area contributed by atoms with Crippen molar-refractivity contribution in [1.82, 2.24) is 19.7 Å². The predicted octanol–water partition coefficient (Wildman–Crippen LogP) is 3.27. The lowest BCUT2D eigenvalue weighted by Gasteiger charge is -2.29. The average Bonchev–Trinajstić information content (AvgIpc) is 3.11. The monoisotopic (exact) mass is 326 g/mol. The molecular formula is C17H15ClN4O. The Bertz CT molecular complexity index is 819. The first-order valence-corrected chi connectivity index (χ1v) is 7.74. The van der Waals surface area contributed by atoms with Gasteiger partial charge in [-0.05, 0) is 29.8 Å². The lowest BCUT2D eigenvalue weighted by atomic mass is 10.1. The summed E-state index contributed by atoms with van der Waals surface area (Å²) in [4.78, 5) is 2.22. The van der Waals surface area contributed by atoms with Crippen molar-refractivity contribution in [2.45, 2.75) is 13.1 Å². The molecule has 0 spiro atoms. The zero-order valence-corrected chi connectivity index (χ0v) is 13.1. The quantitative estimate of drug-likeness (QED) is 0.741. The molecule has 6 heteroatoms. The molecule has 0 aliphatic carbocycles. The third-order valence-electron chi connectivity index (χ3n) is 3.91. The second-order valence-corrected chi connectivity index (χ2v) is 5.92. The molecule has 0 atom stereocenters. The van der Waals surface area contributed by atoms with E-state index >= 15 is 0 Å². The maximum atomic E-state index is 6.25. The van der Waals surface area contributed by atoms with E-state index in [1.54, 1.807) is 12.7 Å². The third-order valence-corrected chi connectivity index (χ3v) is 4.28. The molecule has 0 amide bonds. The summed E-state index contributed by atoms with van der Waals surface area (Å²) in [5, 5.41) is 8.48. The smallest absolute Gasteiger partial charge is 0.142 e. The lowest BCUT2D eigenvalue weighted by molar-refractivity contribution is 0.0887. The van der Waals surface area contributed by atoms with E-state index in [1.807, 2.05) is 41.0 Å². The fourth-order valence-electron chi connectivity index (χ4n) is 2.74. The van der Waals surface area contributed by atoms with Crippen molar-refractivity contribution >= 4 is 11.6 Å². The van der Waals surface area contributed by atoms with Gasteiger partial charge in [0.25, 0.3) is 0 Å².